The summed E-state index contributed by atoms with van der Waals surface area (Å²) in [7, 11) is 0. The van der Waals surface area contributed by atoms with E-state index >= 15 is 0 Å². The minimum absolute atomic E-state index is 0.0398. The third-order valence-electron chi connectivity index (χ3n) is 3.16. The van der Waals surface area contributed by atoms with E-state index < -0.39 is 0 Å². The Kier molecular flexibility index (Phi) is 5.54. The van der Waals surface area contributed by atoms with E-state index in [4.69, 9.17) is 5.73 Å². The molecular formula is C14H25N3O. The molecule has 0 saturated carbocycles. The zero-order valence-corrected chi connectivity index (χ0v) is 11.9. The lowest BCUT2D eigenvalue weighted by molar-refractivity contribution is 0.0909. The Balaban J connectivity index is 2.60. The van der Waals surface area contributed by atoms with Crippen LogP contribution in [0.5, 0.6) is 0 Å². The third kappa shape index (κ3) is 3.95. The van der Waals surface area contributed by atoms with Gasteiger partial charge in [0.15, 0.2) is 5.78 Å². The second-order valence-electron chi connectivity index (χ2n) is 5.43. The van der Waals surface area contributed by atoms with Gasteiger partial charge in [0.05, 0.1) is 0 Å². The number of ketones is 1. The van der Waals surface area contributed by atoms with Gasteiger partial charge in [0.2, 0.25) is 0 Å². The molecule has 0 aliphatic rings. The maximum atomic E-state index is 12.3. The molecule has 4 heteroatoms. The number of nitrogens with zero attached hydrogens (tertiary/aromatic N) is 2. The largest absolute Gasteiger partial charge is 0.328 e. The predicted octanol–water partition coefficient (Wildman–Crippen LogP) is 2.80. The number of rotatable bonds is 7. The van der Waals surface area contributed by atoms with Crippen LogP contribution in [0.15, 0.2) is 12.3 Å². The molecule has 4 nitrogen and oxygen atoms in total. The molecule has 0 spiro atoms. The van der Waals surface area contributed by atoms with Gasteiger partial charge >= 0.3 is 0 Å². The lowest BCUT2D eigenvalue weighted by Crippen LogP contribution is -2.19. The summed E-state index contributed by atoms with van der Waals surface area (Å²) in [5.74, 6) is 0.226. The molecule has 0 aliphatic carbocycles. The Labute approximate surface area is 110 Å². The van der Waals surface area contributed by atoms with E-state index in [1.54, 1.807) is 10.9 Å². The Morgan fingerprint density at radius 3 is 2.56 bits per heavy atom. The average molecular weight is 251 g/mol. The van der Waals surface area contributed by atoms with E-state index in [9.17, 15) is 4.79 Å². The summed E-state index contributed by atoms with van der Waals surface area (Å²) in [6.07, 6.45) is 4.56. The molecule has 0 amide bonds. The molecular weight excluding hydrogens is 226 g/mol. The highest BCUT2D eigenvalue weighted by atomic mass is 16.1. The van der Waals surface area contributed by atoms with Crippen LogP contribution < -0.4 is 5.73 Å². The number of hydrogen-bond donors (Lipinski definition) is 1. The smallest absolute Gasteiger partial charge is 0.183 e. The van der Waals surface area contributed by atoms with Crippen LogP contribution in [0.1, 0.15) is 63.5 Å². The molecule has 2 N–H and O–H groups in total. The molecule has 102 valence electrons. The van der Waals surface area contributed by atoms with Crippen molar-refractivity contribution in [3.8, 4) is 0 Å². The predicted molar refractivity (Wildman–Crippen MR) is 73.6 cm³/mol. The molecule has 0 saturated heterocycles. The summed E-state index contributed by atoms with van der Waals surface area (Å²) in [5.41, 5.74) is 6.43. The fraction of sp³-hybridized carbons (Fsp3) is 0.714. The first kappa shape index (κ1) is 14.9. The van der Waals surface area contributed by atoms with Gasteiger partial charge in [0, 0.05) is 24.2 Å². The summed E-state index contributed by atoms with van der Waals surface area (Å²) in [5, 5.41) is 4.20. The van der Waals surface area contributed by atoms with E-state index in [0.29, 0.717) is 0 Å². The molecule has 2 atom stereocenters. The van der Waals surface area contributed by atoms with Crippen LogP contribution in [0, 0.1) is 5.92 Å². The van der Waals surface area contributed by atoms with E-state index in [2.05, 4.69) is 5.10 Å². The maximum Gasteiger partial charge on any atom is 0.183 e. The zero-order chi connectivity index (χ0) is 13.7. The van der Waals surface area contributed by atoms with Crippen LogP contribution in [0.2, 0.25) is 0 Å². The van der Waals surface area contributed by atoms with Crippen molar-refractivity contribution in [2.45, 2.75) is 59.0 Å². The molecule has 1 aromatic rings. The van der Waals surface area contributed by atoms with Gasteiger partial charge in [-0.1, -0.05) is 13.3 Å². The van der Waals surface area contributed by atoms with Gasteiger partial charge < -0.3 is 5.73 Å². The number of Topliss-reactive ketones (excluding diaryl/α,β-unsaturated/α-hetero) is 1. The van der Waals surface area contributed by atoms with Gasteiger partial charge in [-0.25, -0.2) is 0 Å². The molecule has 0 fully saturated rings. The molecule has 0 aliphatic heterocycles. The van der Waals surface area contributed by atoms with Crippen LogP contribution >= 0.6 is 0 Å². The fourth-order valence-corrected chi connectivity index (χ4v) is 2.05. The van der Waals surface area contributed by atoms with Gasteiger partial charge in [0.25, 0.3) is 0 Å². The van der Waals surface area contributed by atoms with Crippen molar-refractivity contribution in [3.05, 3.63) is 18.0 Å². The number of hydrogen-bond acceptors (Lipinski definition) is 3. The molecule has 1 heterocycles. The summed E-state index contributed by atoms with van der Waals surface area (Å²) in [6, 6.07) is 2.24. The Morgan fingerprint density at radius 2 is 2.00 bits per heavy atom. The van der Waals surface area contributed by atoms with Crippen molar-refractivity contribution in [1.29, 1.82) is 0 Å². The molecule has 1 aromatic heterocycles. The average Bonchev–Trinajstić information content (AvgIpc) is 2.76. The monoisotopic (exact) mass is 251 g/mol. The van der Waals surface area contributed by atoms with Crippen LogP contribution in [0.25, 0.3) is 0 Å². The highest BCUT2D eigenvalue weighted by Gasteiger charge is 2.19. The summed E-state index contributed by atoms with van der Waals surface area (Å²) >= 11 is 0. The summed E-state index contributed by atoms with van der Waals surface area (Å²) in [6.45, 7) is 8.05. The lowest BCUT2D eigenvalue weighted by Gasteiger charge is -2.14. The molecule has 0 bridgehead atoms. The van der Waals surface area contributed by atoms with E-state index in [0.717, 1.165) is 25.0 Å². The van der Waals surface area contributed by atoms with Crippen LogP contribution in [0.4, 0.5) is 0 Å². The van der Waals surface area contributed by atoms with Crippen molar-refractivity contribution in [2.75, 3.05) is 0 Å². The first-order valence-corrected chi connectivity index (χ1v) is 6.76. The summed E-state index contributed by atoms with van der Waals surface area (Å²) in [4.78, 5) is 12.3. The van der Waals surface area contributed by atoms with E-state index in [1.165, 1.54) is 0 Å². The van der Waals surface area contributed by atoms with Gasteiger partial charge in [-0.3, -0.25) is 9.48 Å². The quantitative estimate of drug-likeness (QED) is 0.758. The molecule has 0 aromatic carbocycles. The third-order valence-corrected chi connectivity index (χ3v) is 3.16. The number of aromatic nitrogens is 2. The molecule has 1 rings (SSSR count). The van der Waals surface area contributed by atoms with Crippen molar-refractivity contribution >= 4 is 5.78 Å². The van der Waals surface area contributed by atoms with Crippen molar-refractivity contribution < 1.29 is 4.79 Å². The fourth-order valence-electron chi connectivity index (χ4n) is 2.05. The number of nitrogens with two attached hydrogens (primary N) is 1. The van der Waals surface area contributed by atoms with Gasteiger partial charge in [-0.05, 0) is 39.7 Å². The van der Waals surface area contributed by atoms with E-state index in [-0.39, 0.29) is 23.8 Å². The first-order valence-electron chi connectivity index (χ1n) is 6.76. The van der Waals surface area contributed by atoms with Crippen molar-refractivity contribution in [3.63, 3.8) is 0 Å². The minimum Gasteiger partial charge on any atom is -0.328 e. The van der Waals surface area contributed by atoms with Gasteiger partial charge in [0.1, 0.15) is 5.69 Å². The Morgan fingerprint density at radius 1 is 1.33 bits per heavy atom. The number of carbonyl (C=O) groups is 1. The number of carbonyl (C=O) groups excluding carboxylic acids is 1. The standard InChI is InChI=1S/C14H25N3O/c1-10(2)17-13(8-9-16-17)14(18)11(3)6-5-7-12(4)15/h8-12H,5-7,15H2,1-4H3. The van der Waals surface area contributed by atoms with Crippen LogP contribution in [0.3, 0.4) is 0 Å². The van der Waals surface area contributed by atoms with E-state index in [1.807, 2.05) is 33.8 Å². The molecule has 2 unspecified atom stereocenters. The normalized spacial score (nSPS) is 14.8. The second kappa shape index (κ2) is 6.69. The SMILES string of the molecule is CC(N)CCCC(C)C(=O)c1ccnn1C(C)C. The second-order valence-corrected chi connectivity index (χ2v) is 5.43. The molecule has 18 heavy (non-hydrogen) atoms. The molecule has 0 radical (unpaired) electrons. The highest BCUT2D eigenvalue weighted by Crippen LogP contribution is 2.17. The lowest BCUT2D eigenvalue weighted by atomic mass is 9.96. The Hall–Kier alpha value is -1.16. The van der Waals surface area contributed by atoms with Crippen LogP contribution in [-0.4, -0.2) is 21.6 Å². The Bertz CT molecular complexity index is 382. The summed E-state index contributed by atoms with van der Waals surface area (Å²) < 4.78 is 1.80. The van der Waals surface area contributed by atoms with Crippen molar-refractivity contribution in [2.24, 2.45) is 11.7 Å². The van der Waals surface area contributed by atoms with Crippen LogP contribution in [-0.2, 0) is 0 Å². The maximum absolute atomic E-state index is 12.3. The topological polar surface area (TPSA) is 60.9 Å². The van der Waals surface area contributed by atoms with Gasteiger partial charge in [-0.15, -0.1) is 0 Å². The minimum atomic E-state index is 0.0398. The zero-order valence-electron chi connectivity index (χ0n) is 11.9. The van der Waals surface area contributed by atoms with Crippen molar-refractivity contribution in [1.82, 2.24) is 9.78 Å². The van der Waals surface area contributed by atoms with Gasteiger partial charge in [-0.2, -0.15) is 5.10 Å². The first-order chi connectivity index (χ1) is 8.43. The highest BCUT2D eigenvalue weighted by molar-refractivity contribution is 5.96.